The smallest absolute Gasteiger partial charge is 0.138 e. The summed E-state index contributed by atoms with van der Waals surface area (Å²) < 4.78 is 5.87. The van der Waals surface area contributed by atoms with Crippen LogP contribution in [0.3, 0.4) is 0 Å². The molecule has 100 valence electrons. The molecular formula is C16H20N2O. The second-order valence-electron chi connectivity index (χ2n) is 4.60. The lowest BCUT2D eigenvalue weighted by molar-refractivity contribution is 0.226. The molecule has 2 aromatic rings. The van der Waals surface area contributed by atoms with E-state index >= 15 is 0 Å². The van der Waals surface area contributed by atoms with E-state index in [4.69, 9.17) is 10.5 Å². The van der Waals surface area contributed by atoms with Crippen LogP contribution in [0.15, 0.2) is 48.7 Å². The highest BCUT2D eigenvalue weighted by molar-refractivity contribution is 5.24. The van der Waals surface area contributed by atoms with E-state index in [9.17, 15) is 0 Å². The minimum Gasteiger partial charge on any atom is -0.484 e. The largest absolute Gasteiger partial charge is 0.484 e. The Balaban J connectivity index is 2.04. The number of hydrogen-bond donors (Lipinski definition) is 1. The molecule has 0 radical (unpaired) electrons. The van der Waals surface area contributed by atoms with E-state index in [1.807, 2.05) is 44.2 Å². The van der Waals surface area contributed by atoms with Gasteiger partial charge in [-0.3, -0.25) is 4.98 Å². The number of ether oxygens (including phenoxy) is 1. The van der Waals surface area contributed by atoms with Gasteiger partial charge in [-0.15, -0.1) is 0 Å². The quantitative estimate of drug-likeness (QED) is 0.888. The molecule has 2 N–H and O–H groups in total. The Labute approximate surface area is 114 Å². The van der Waals surface area contributed by atoms with Gasteiger partial charge < -0.3 is 10.5 Å². The summed E-state index contributed by atoms with van der Waals surface area (Å²) >= 11 is 0. The zero-order valence-corrected chi connectivity index (χ0v) is 11.4. The van der Waals surface area contributed by atoms with Gasteiger partial charge in [0.2, 0.25) is 0 Å². The van der Waals surface area contributed by atoms with Crippen molar-refractivity contribution in [2.75, 3.05) is 0 Å². The number of benzene rings is 1. The Morgan fingerprint density at radius 2 is 1.89 bits per heavy atom. The van der Waals surface area contributed by atoms with Gasteiger partial charge in [0.1, 0.15) is 11.9 Å². The van der Waals surface area contributed by atoms with Gasteiger partial charge >= 0.3 is 0 Å². The topological polar surface area (TPSA) is 48.1 Å². The molecule has 19 heavy (non-hydrogen) atoms. The van der Waals surface area contributed by atoms with Crippen molar-refractivity contribution in [3.8, 4) is 5.75 Å². The van der Waals surface area contributed by atoms with Crippen molar-refractivity contribution < 1.29 is 4.74 Å². The molecule has 3 heteroatoms. The fourth-order valence-corrected chi connectivity index (χ4v) is 1.89. The van der Waals surface area contributed by atoms with E-state index in [0.29, 0.717) is 0 Å². The average Bonchev–Trinajstić information content (AvgIpc) is 2.48. The Morgan fingerprint density at radius 3 is 2.47 bits per heavy atom. The predicted octanol–water partition coefficient (Wildman–Crippen LogP) is 3.63. The summed E-state index contributed by atoms with van der Waals surface area (Å²) in [6, 6.07) is 14.0. The molecule has 0 saturated heterocycles. The molecule has 1 unspecified atom stereocenters. The van der Waals surface area contributed by atoms with Crippen LogP contribution in [0.5, 0.6) is 5.75 Å². The van der Waals surface area contributed by atoms with Gasteiger partial charge in [-0.05, 0) is 31.0 Å². The van der Waals surface area contributed by atoms with Crippen LogP contribution in [0.4, 0.5) is 0 Å². The molecule has 2 rings (SSSR count). The van der Waals surface area contributed by atoms with Crippen LogP contribution in [-0.4, -0.2) is 4.98 Å². The fraction of sp³-hybridized carbons (Fsp3) is 0.312. The van der Waals surface area contributed by atoms with Gasteiger partial charge in [-0.2, -0.15) is 0 Å². The Hall–Kier alpha value is -1.87. The monoisotopic (exact) mass is 256 g/mol. The number of nitrogens with zero attached hydrogens (tertiary/aromatic N) is 1. The summed E-state index contributed by atoms with van der Waals surface area (Å²) in [6.07, 6.45) is 2.63. The van der Waals surface area contributed by atoms with Crippen molar-refractivity contribution in [2.45, 2.75) is 32.4 Å². The summed E-state index contributed by atoms with van der Waals surface area (Å²) in [6.45, 7) is 4.08. The molecule has 1 aromatic carbocycles. The maximum absolute atomic E-state index is 5.93. The molecule has 0 bridgehead atoms. The first-order valence-corrected chi connectivity index (χ1v) is 6.64. The van der Waals surface area contributed by atoms with E-state index in [1.54, 1.807) is 6.20 Å². The van der Waals surface area contributed by atoms with E-state index in [0.717, 1.165) is 23.4 Å². The minimum atomic E-state index is 0.000553. The van der Waals surface area contributed by atoms with Crippen LogP contribution < -0.4 is 10.5 Å². The SMILES string of the molecule is CC[C@@H](N)c1ccc(OC(C)c2ccccc2)cn1. The molecule has 1 heterocycles. The lowest BCUT2D eigenvalue weighted by Gasteiger charge is -2.15. The van der Waals surface area contributed by atoms with Gasteiger partial charge in [0.25, 0.3) is 0 Å². The van der Waals surface area contributed by atoms with Crippen molar-refractivity contribution in [3.05, 3.63) is 59.9 Å². The number of nitrogens with two attached hydrogens (primary N) is 1. The van der Waals surface area contributed by atoms with Crippen LogP contribution >= 0.6 is 0 Å². The second kappa shape index (κ2) is 6.34. The molecule has 0 saturated carbocycles. The molecule has 1 aromatic heterocycles. The molecule has 0 aliphatic heterocycles. The number of rotatable bonds is 5. The first-order valence-electron chi connectivity index (χ1n) is 6.64. The van der Waals surface area contributed by atoms with Crippen LogP contribution in [0.2, 0.25) is 0 Å². The van der Waals surface area contributed by atoms with Crippen molar-refractivity contribution in [1.82, 2.24) is 4.98 Å². The summed E-state index contributed by atoms with van der Waals surface area (Å²) in [7, 11) is 0. The number of aromatic nitrogens is 1. The first-order chi connectivity index (χ1) is 9.20. The normalized spacial score (nSPS) is 13.8. The maximum atomic E-state index is 5.93. The highest BCUT2D eigenvalue weighted by Gasteiger charge is 2.08. The standard InChI is InChI=1S/C16H20N2O/c1-3-15(17)16-10-9-14(11-18-16)19-12(2)13-7-5-4-6-8-13/h4-12,15H,3,17H2,1-2H3/t12?,15-/m1/s1. The Bertz CT molecular complexity index is 496. The van der Waals surface area contributed by atoms with Crippen molar-refractivity contribution in [1.29, 1.82) is 0 Å². The molecule has 0 spiro atoms. The Morgan fingerprint density at radius 1 is 1.16 bits per heavy atom. The van der Waals surface area contributed by atoms with Gasteiger partial charge in [0.05, 0.1) is 11.9 Å². The molecular weight excluding hydrogens is 236 g/mol. The molecule has 0 aliphatic rings. The predicted molar refractivity (Wildman–Crippen MR) is 76.9 cm³/mol. The Kier molecular flexibility index (Phi) is 4.53. The van der Waals surface area contributed by atoms with Crippen LogP contribution in [0.1, 0.15) is 43.7 Å². The summed E-state index contributed by atoms with van der Waals surface area (Å²) in [5, 5.41) is 0. The van der Waals surface area contributed by atoms with Crippen LogP contribution in [0, 0.1) is 0 Å². The lowest BCUT2D eigenvalue weighted by atomic mass is 10.1. The van der Waals surface area contributed by atoms with Crippen molar-refractivity contribution >= 4 is 0 Å². The average molecular weight is 256 g/mol. The third kappa shape index (κ3) is 3.55. The third-order valence-electron chi connectivity index (χ3n) is 3.16. The highest BCUT2D eigenvalue weighted by atomic mass is 16.5. The summed E-state index contributed by atoms with van der Waals surface area (Å²) in [5.41, 5.74) is 7.99. The summed E-state index contributed by atoms with van der Waals surface area (Å²) in [5.74, 6) is 0.767. The van der Waals surface area contributed by atoms with Gasteiger partial charge in [0, 0.05) is 6.04 Å². The lowest BCUT2D eigenvalue weighted by Crippen LogP contribution is -2.10. The maximum Gasteiger partial charge on any atom is 0.138 e. The van der Waals surface area contributed by atoms with E-state index < -0.39 is 0 Å². The highest BCUT2D eigenvalue weighted by Crippen LogP contribution is 2.22. The van der Waals surface area contributed by atoms with E-state index in [2.05, 4.69) is 17.1 Å². The van der Waals surface area contributed by atoms with Crippen LogP contribution in [0.25, 0.3) is 0 Å². The van der Waals surface area contributed by atoms with Crippen molar-refractivity contribution in [3.63, 3.8) is 0 Å². The third-order valence-corrected chi connectivity index (χ3v) is 3.16. The zero-order valence-electron chi connectivity index (χ0n) is 11.4. The van der Waals surface area contributed by atoms with Gasteiger partial charge in [-0.1, -0.05) is 37.3 Å². The second-order valence-corrected chi connectivity index (χ2v) is 4.60. The molecule has 3 nitrogen and oxygen atoms in total. The van der Waals surface area contributed by atoms with Gasteiger partial charge in [0.15, 0.2) is 0 Å². The molecule has 0 fully saturated rings. The number of pyridine rings is 1. The minimum absolute atomic E-state index is 0.000553. The van der Waals surface area contributed by atoms with E-state index in [1.165, 1.54) is 0 Å². The fourth-order valence-electron chi connectivity index (χ4n) is 1.89. The first kappa shape index (κ1) is 13.6. The summed E-state index contributed by atoms with van der Waals surface area (Å²) in [4.78, 5) is 4.35. The molecule has 0 aliphatic carbocycles. The van der Waals surface area contributed by atoms with E-state index in [-0.39, 0.29) is 12.1 Å². The van der Waals surface area contributed by atoms with Crippen molar-refractivity contribution in [2.24, 2.45) is 5.73 Å². The number of hydrogen-bond acceptors (Lipinski definition) is 3. The van der Waals surface area contributed by atoms with Gasteiger partial charge in [-0.25, -0.2) is 0 Å². The molecule has 0 amide bonds. The molecule has 2 atom stereocenters. The zero-order chi connectivity index (χ0) is 13.7. The van der Waals surface area contributed by atoms with Crippen LogP contribution in [-0.2, 0) is 0 Å².